The van der Waals surface area contributed by atoms with Gasteiger partial charge in [0.05, 0.1) is 11.7 Å². The standard InChI is InChI=1S/C14H17NO4S/c1-20(18,19)8-7-15-13(16)10-12(14(15)17)9-11-5-3-2-4-6-11/h2-6,12H,7-10H2,1H3/t12-/m1/s1. The molecule has 0 aliphatic carbocycles. The second-order valence-electron chi connectivity index (χ2n) is 5.10. The number of benzene rings is 1. The normalized spacial score (nSPS) is 19.6. The Morgan fingerprint density at radius 2 is 1.85 bits per heavy atom. The van der Waals surface area contributed by atoms with E-state index < -0.39 is 9.84 Å². The Morgan fingerprint density at radius 3 is 2.45 bits per heavy atom. The maximum atomic E-state index is 12.1. The summed E-state index contributed by atoms with van der Waals surface area (Å²) >= 11 is 0. The number of carbonyl (C=O) groups is 2. The molecule has 1 atom stereocenters. The number of imide groups is 1. The van der Waals surface area contributed by atoms with E-state index in [9.17, 15) is 18.0 Å². The van der Waals surface area contributed by atoms with Gasteiger partial charge in [-0.25, -0.2) is 8.42 Å². The van der Waals surface area contributed by atoms with Gasteiger partial charge in [0, 0.05) is 19.2 Å². The van der Waals surface area contributed by atoms with E-state index in [4.69, 9.17) is 0 Å². The Labute approximate surface area is 118 Å². The molecule has 2 amide bonds. The summed E-state index contributed by atoms with van der Waals surface area (Å²) in [4.78, 5) is 25.0. The van der Waals surface area contributed by atoms with E-state index >= 15 is 0 Å². The number of sulfone groups is 1. The molecular formula is C14H17NO4S. The number of likely N-dealkylation sites (tertiary alicyclic amines) is 1. The molecule has 0 saturated carbocycles. The number of hydrogen-bond acceptors (Lipinski definition) is 4. The SMILES string of the molecule is CS(=O)(=O)CCN1C(=O)C[C@@H](Cc2ccccc2)C1=O. The Kier molecular flexibility index (Phi) is 4.23. The number of amides is 2. The topological polar surface area (TPSA) is 71.5 Å². The second kappa shape index (κ2) is 5.75. The van der Waals surface area contributed by atoms with Crippen molar-refractivity contribution in [3.8, 4) is 0 Å². The van der Waals surface area contributed by atoms with Crippen LogP contribution in [0.1, 0.15) is 12.0 Å². The molecule has 1 fully saturated rings. The average molecular weight is 295 g/mol. The fourth-order valence-corrected chi connectivity index (χ4v) is 2.82. The lowest BCUT2D eigenvalue weighted by molar-refractivity contribution is -0.138. The third-order valence-corrected chi connectivity index (χ3v) is 4.27. The van der Waals surface area contributed by atoms with Crippen LogP contribution in [-0.4, -0.2) is 43.7 Å². The van der Waals surface area contributed by atoms with Gasteiger partial charge < -0.3 is 0 Å². The number of carbonyl (C=O) groups excluding carboxylic acids is 2. The zero-order valence-corrected chi connectivity index (χ0v) is 12.1. The Morgan fingerprint density at radius 1 is 1.20 bits per heavy atom. The summed E-state index contributed by atoms with van der Waals surface area (Å²) < 4.78 is 22.2. The molecule has 1 aliphatic rings. The van der Waals surface area contributed by atoms with E-state index in [1.54, 1.807) is 0 Å². The minimum Gasteiger partial charge on any atom is -0.281 e. The Balaban J connectivity index is 2.01. The highest BCUT2D eigenvalue weighted by Gasteiger charge is 2.38. The lowest BCUT2D eigenvalue weighted by Gasteiger charge is -2.14. The maximum absolute atomic E-state index is 12.1. The molecule has 2 rings (SSSR count). The highest BCUT2D eigenvalue weighted by Crippen LogP contribution is 2.23. The van der Waals surface area contributed by atoms with Crippen LogP contribution in [0.2, 0.25) is 0 Å². The van der Waals surface area contributed by atoms with Crippen LogP contribution in [0, 0.1) is 5.92 Å². The quantitative estimate of drug-likeness (QED) is 0.748. The molecule has 1 aliphatic heterocycles. The smallest absolute Gasteiger partial charge is 0.233 e. The molecule has 5 nitrogen and oxygen atoms in total. The van der Waals surface area contributed by atoms with Crippen molar-refractivity contribution in [2.45, 2.75) is 12.8 Å². The van der Waals surface area contributed by atoms with Crippen molar-refractivity contribution in [1.29, 1.82) is 0 Å². The molecule has 0 bridgehead atoms. The van der Waals surface area contributed by atoms with Crippen LogP contribution in [-0.2, 0) is 25.8 Å². The predicted molar refractivity (Wildman–Crippen MR) is 74.7 cm³/mol. The molecule has 1 aromatic carbocycles. The summed E-state index contributed by atoms with van der Waals surface area (Å²) in [6, 6.07) is 9.49. The van der Waals surface area contributed by atoms with Gasteiger partial charge in [-0.05, 0) is 12.0 Å². The summed E-state index contributed by atoms with van der Waals surface area (Å²) in [5.74, 6) is -1.09. The predicted octanol–water partition coefficient (Wildman–Crippen LogP) is 0.649. The molecule has 20 heavy (non-hydrogen) atoms. The molecule has 108 valence electrons. The molecule has 1 aromatic rings. The van der Waals surface area contributed by atoms with Crippen molar-refractivity contribution in [3.63, 3.8) is 0 Å². The van der Waals surface area contributed by atoms with Crippen LogP contribution < -0.4 is 0 Å². The fraction of sp³-hybridized carbons (Fsp3) is 0.429. The lowest BCUT2D eigenvalue weighted by atomic mass is 9.98. The molecular weight excluding hydrogens is 278 g/mol. The van der Waals surface area contributed by atoms with Gasteiger partial charge in [-0.2, -0.15) is 0 Å². The summed E-state index contributed by atoms with van der Waals surface area (Å²) in [6.45, 7) is -0.0399. The first-order valence-electron chi connectivity index (χ1n) is 6.42. The zero-order chi connectivity index (χ0) is 14.8. The van der Waals surface area contributed by atoms with Crippen LogP contribution in [0.4, 0.5) is 0 Å². The summed E-state index contributed by atoms with van der Waals surface area (Å²) in [5.41, 5.74) is 1.00. The van der Waals surface area contributed by atoms with Crippen molar-refractivity contribution >= 4 is 21.7 Å². The minimum absolute atomic E-state index is 0.0399. The average Bonchev–Trinajstić information content (AvgIpc) is 2.63. The van der Waals surface area contributed by atoms with Gasteiger partial charge in [0.25, 0.3) is 0 Å². The van der Waals surface area contributed by atoms with Crippen molar-refractivity contribution < 1.29 is 18.0 Å². The van der Waals surface area contributed by atoms with Crippen molar-refractivity contribution in [1.82, 2.24) is 4.90 Å². The molecule has 1 heterocycles. The third-order valence-electron chi connectivity index (χ3n) is 3.35. The van der Waals surface area contributed by atoms with Crippen molar-refractivity contribution in [2.75, 3.05) is 18.6 Å². The van der Waals surface area contributed by atoms with Gasteiger partial charge in [0.1, 0.15) is 9.84 Å². The Hall–Kier alpha value is -1.69. The highest BCUT2D eigenvalue weighted by molar-refractivity contribution is 7.90. The van der Waals surface area contributed by atoms with Crippen LogP contribution in [0.5, 0.6) is 0 Å². The molecule has 6 heteroatoms. The first kappa shape index (κ1) is 14.7. The summed E-state index contributed by atoms with van der Waals surface area (Å²) in [7, 11) is -3.18. The van der Waals surface area contributed by atoms with Gasteiger partial charge in [-0.15, -0.1) is 0 Å². The molecule has 0 spiro atoms. The largest absolute Gasteiger partial charge is 0.281 e. The van der Waals surface area contributed by atoms with Crippen molar-refractivity contribution in [2.24, 2.45) is 5.92 Å². The third kappa shape index (κ3) is 3.66. The van der Waals surface area contributed by atoms with E-state index in [0.717, 1.165) is 16.7 Å². The molecule has 0 unspecified atom stereocenters. The monoisotopic (exact) mass is 295 g/mol. The van der Waals surface area contributed by atoms with Gasteiger partial charge in [-0.3, -0.25) is 14.5 Å². The van der Waals surface area contributed by atoms with Gasteiger partial charge in [-0.1, -0.05) is 30.3 Å². The molecule has 0 radical (unpaired) electrons. The van der Waals surface area contributed by atoms with Gasteiger partial charge in [0.2, 0.25) is 11.8 Å². The highest BCUT2D eigenvalue weighted by atomic mass is 32.2. The lowest BCUT2D eigenvalue weighted by Crippen LogP contribution is -2.35. The van der Waals surface area contributed by atoms with Gasteiger partial charge in [0.15, 0.2) is 0 Å². The summed E-state index contributed by atoms with van der Waals surface area (Å²) in [5, 5.41) is 0. The summed E-state index contributed by atoms with van der Waals surface area (Å²) in [6.07, 6.45) is 1.78. The first-order chi connectivity index (χ1) is 9.37. The number of nitrogens with zero attached hydrogens (tertiary/aromatic N) is 1. The van der Waals surface area contributed by atoms with E-state index in [0.29, 0.717) is 6.42 Å². The first-order valence-corrected chi connectivity index (χ1v) is 8.49. The maximum Gasteiger partial charge on any atom is 0.233 e. The molecule has 0 N–H and O–H groups in total. The van der Waals surface area contributed by atoms with E-state index in [1.807, 2.05) is 30.3 Å². The van der Waals surface area contributed by atoms with Crippen LogP contribution in [0.3, 0.4) is 0 Å². The van der Waals surface area contributed by atoms with Crippen LogP contribution in [0.15, 0.2) is 30.3 Å². The number of rotatable bonds is 5. The fourth-order valence-electron chi connectivity index (χ4n) is 2.30. The van der Waals surface area contributed by atoms with Crippen LogP contribution in [0.25, 0.3) is 0 Å². The Bertz CT molecular complexity index is 609. The van der Waals surface area contributed by atoms with Crippen molar-refractivity contribution in [3.05, 3.63) is 35.9 Å². The van der Waals surface area contributed by atoms with E-state index in [-0.39, 0.29) is 36.5 Å². The van der Waals surface area contributed by atoms with E-state index in [2.05, 4.69) is 0 Å². The second-order valence-corrected chi connectivity index (χ2v) is 7.36. The van der Waals surface area contributed by atoms with Crippen LogP contribution >= 0.6 is 0 Å². The zero-order valence-electron chi connectivity index (χ0n) is 11.3. The molecule has 0 aromatic heterocycles. The van der Waals surface area contributed by atoms with Gasteiger partial charge >= 0.3 is 0 Å². The molecule has 1 saturated heterocycles. The number of hydrogen-bond donors (Lipinski definition) is 0. The minimum atomic E-state index is -3.18. The van der Waals surface area contributed by atoms with E-state index in [1.165, 1.54) is 0 Å².